The molecule has 0 fully saturated rings. The predicted octanol–water partition coefficient (Wildman–Crippen LogP) is 1.83. The number of unbranched alkanes of at least 4 members (excludes halogenated alkanes) is 1. The first kappa shape index (κ1) is 9.72. The van der Waals surface area contributed by atoms with E-state index in [1.807, 2.05) is 0 Å². The second-order valence-corrected chi connectivity index (χ2v) is 2.32. The molecule has 0 amide bonds. The number of halogens is 1. The van der Waals surface area contributed by atoms with Crippen LogP contribution in [0.25, 0.3) is 0 Å². The summed E-state index contributed by atoms with van der Waals surface area (Å²) in [4.78, 5) is 0. The lowest BCUT2D eigenvalue weighted by Crippen LogP contribution is -2.03. The van der Waals surface area contributed by atoms with Crippen molar-refractivity contribution in [2.75, 3.05) is 13.2 Å². The fraction of sp³-hybridized carbons (Fsp3) is 0.833. The third kappa shape index (κ3) is 5.85. The number of nitrogens with zero attached hydrogens (tertiary/aromatic N) is 1. The molecule has 0 spiro atoms. The van der Waals surface area contributed by atoms with Gasteiger partial charge in [0.15, 0.2) is 5.17 Å². The van der Waals surface area contributed by atoms with E-state index in [1.165, 1.54) is 0 Å². The summed E-state index contributed by atoms with van der Waals surface area (Å²) in [6.45, 7) is 2.95. The summed E-state index contributed by atoms with van der Waals surface area (Å²) in [5.74, 6) is 0. The third-order valence-electron chi connectivity index (χ3n) is 0.972. The van der Waals surface area contributed by atoms with Crippen LogP contribution in [0, 0.1) is 0 Å². The zero-order valence-electron chi connectivity index (χ0n) is 6.01. The average molecular weight is 166 g/mol. The van der Waals surface area contributed by atoms with Crippen LogP contribution in [-0.4, -0.2) is 23.6 Å². The molecule has 0 aromatic carbocycles. The van der Waals surface area contributed by atoms with Crippen molar-refractivity contribution < 1.29 is 9.94 Å². The van der Waals surface area contributed by atoms with Crippen molar-refractivity contribution in [3.8, 4) is 0 Å². The summed E-state index contributed by atoms with van der Waals surface area (Å²) in [6.07, 6.45) is 2.10. The monoisotopic (exact) mass is 165 g/mol. The van der Waals surface area contributed by atoms with E-state index in [0.717, 1.165) is 12.8 Å². The number of hydrogen-bond donors (Lipinski definition) is 1. The second-order valence-electron chi connectivity index (χ2n) is 1.88. The molecule has 0 saturated carbocycles. The lowest BCUT2D eigenvalue weighted by Gasteiger charge is -1.98. The van der Waals surface area contributed by atoms with Crippen LogP contribution in [0.1, 0.15) is 19.8 Å². The summed E-state index contributed by atoms with van der Waals surface area (Å²) in [6, 6.07) is 0. The highest BCUT2D eigenvalue weighted by Gasteiger charge is 1.92. The molecule has 0 radical (unpaired) electrons. The van der Waals surface area contributed by atoms with Crippen LogP contribution in [0.5, 0.6) is 0 Å². The minimum atomic E-state index is 0.0936. The molecule has 0 saturated heterocycles. The Hall–Kier alpha value is -0.280. The third-order valence-corrected chi connectivity index (χ3v) is 1.16. The largest absolute Gasteiger partial charge is 0.410 e. The van der Waals surface area contributed by atoms with Gasteiger partial charge in [0.25, 0.3) is 0 Å². The summed E-state index contributed by atoms with van der Waals surface area (Å²) in [5.41, 5.74) is 0. The molecule has 0 aliphatic carbocycles. The van der Waals surface area contributed by atoms with Gasteiger partial charge >= 0.3 is 0 Å². The Kier molecular flexibility index (Phi) is 6.64. The van der Waals surface area contributed by atoms with E-state index in [1.54, 1.807) is 0 Å². The van der Waals surface area contributed by atoms with Gasteiger partial charge in [0.2, 0.25) is 0 Å². The molecule has 4 heteroatoms. The average Bonchev–Trinajstić information content (AvgIpc) is 1.98. The molecule has 0 rings (SSSR count). The maximum Gasteiger partial charge on any atom is 0.170 e. The van der Waals surface area contributed by atoms with Gasteiger partial charge < -0.3 is 9.94 Å². The van der Waals surface area contributed by atoms with Gasteiger partial charge in [-0.25, -0.2) is 0 Å². The van der Waals surface area contributed by atoms with Gasteiger partial charge in [0, 0.05) is 6.61 Å². The van der Waals surface area contributed by atoms with Crippen LogP contribution in [0.3, 0.4) is 0 Å². The zero-order valence-corrected chi connectivity index (χ0v) is 6.76. The van der Waals surface area contributed by atoms with Crippen molar-refractivity contribution in [3.63, 3.8) is 0 Å². The van der Waals surface area contributed by atoms with Gasteiger partial charge in [0.05, 0.1) is 0 Å². The van der Waals surface area contributed by atoms with E-state index >= 15 is 0 Å². The van der Waals surface area contributed by atoms with E-state index in [9.17, 15) is 0 Å². The highest BCUT2D eigenvalue weighted by molar-refractivity contribution is 6.65. The van der Waals surface area contributed by atoms with Gasteiger partial charge in [-0.15, -0.1) is 0 Å². The molecular formula is C6H12ClNO2. The smallest absolute Gasteiger partial charge is 0.170 e. The van der Waals surface area contributed by atoms with Crippen molar-refractivity contribution in [3.05, 3.63) is 0 Å². The fourth-order valence-electron chi connectivity index (χ4n) is 0.432. The van der Waals surface area contributed by atoms with Crippen LogP contribution < -0.4 is 0 Å². The SMILES string of the molecule is CCCCOC/C(Cl)=N\O. The zero-order chi connectivity index (χ0) is 7.82. The maximum absolute atomic E-state index is 8.07. The standard InChI is InChI=1S/C6H12ClNO2/c1-2-3-4-10-5-6(7)8-9/h9H,2-5H2,1H3/b8-6+. The van der Waals surface area contributed by atoms with Crippen LogP contribution >= 0.6 is 11.6 Å². The summed E-state index contributed by atoms with van der Waals surface area (Å²) in [5, 5.41) is 10.9. The van der Waals surface area contributed by atoms with Gasteiger partial charge in [-0.05, 0) is 6.42 Å². The van der Waals surface area contributed by atoms with E-state index in [2.05, 4.69) is 12.1 Å². The molecule has 1 N–H and O–H groups in total. The van der Waals surface area contributed by atoms with Crippen LogP contribution in [-0.2, 0) is 4.74 Å². The second kappa shape index (κ2) is 6.83. The first-order chi connectivity index (χ1) is 4.81. The molecule has 0 aliphatic rings. The van der Waals surface area contributed by atoms with E-state index in [0.29, 0.717) is 6.61 Å². The summed E-state index contributed by atoms with van der Waals surface area (Å²) >= 11 is 5.32. The number of ether oxygens (including phenoxy) is 1. The molecule has 10 heavy (non-hydrogen) atoms. The molecule has 0 aromatic rings. The van der Waals surface area contributed by atoms with Crippen molar-refractivity contribution >= 4 is 16.8 Å². The number of hydrogen-bond acceptors (Lipinski definition) is 3. The molecule has 0 bridgehead atoms. The Morgan fingerprint density at radius 3 is 2.90 bits per heavy atom. The minimum absolute atomic E-state index is 0.0936. The molecule has 0 unspecified atom stereocenters. The van der Waals surface area contributed by atoms with E-state index in [-0.39, 0.29) is 11.8 Å². The Morgan fingerprint density at radius 1 is 1.70 bits per heavy atom. The highest BCUT2D eigenvalue weighted by Crippen LogP contribution is 1.90. The molecule has 0 aromatic heterocycles. The van der Waals surface area contributed by atoms with Gasteiger partial charge in [-0.3, -0.25) is 0 Å². The van der Waals surface area contributed by atoms with Crippen molar-refractivity contribution in [2.45, 2.75) is 19.8 Å². The van der Waals surface area contributed by atoms with Crippen LogP contribution in [0.15, 0.2) is 5.16 Å². The predicted molar refractivity (Wildman–Crippen MR) is 40.8 cm³/mol. The summed E-state index contributed by atoms with van der Waals surface area (Å²) in [7, 11) is 0. The number of rotatable bonds is 5. The molecular weight excluding hydrogens is 154 g/mol. The lowest BCUT2D eigenvalue weighted by atomic mass is 10.4. The van der Waals surface area contributed by atoms with Crippen molar-refractivity contribution in [2.24, 2.45) is 5.16 Å². The Morgan fingerprint density at radius 2 is 2.40 bits per heavy atom. The molecule has 0 aliphatic heterocycles. The highest BCUT2D eigenvalue weighted by atomic mass is 35.5. The van der Waals surface area contributed by atoms with Gasteiger partial charge in [0.1, 0.15) is 6.61 Å². The number of oxime groups is 1. The van der Waals surface area contributed by atoms with E-state index < -0.39 is 0 Å². The topological polar surface area (TPSA) is 41.8 Å². The maximum atomic E-state index is 8.07. The Bertz CT molecular complexity index is 106. The van der Waals surface area contributed by atoms with Crippen LogP contribution in [0.4, 0.5) is 0 Å². The lowest BCUT2D eigenvalue weighted by molar-refractivity contribution is 0.166. The molecule has 60 valence electrons. The molecule has 0 atom stereocenters. The van der Waals surface area contributed by atoms with E-state index in [4.69, 9.17) is 21.5 Å². The molecule has 0 heterocycles. The summed E-state index contributed by atoms with van der Waals surface area (Å²) < 4.78 is 5.00. The first-order valence-corrected chi connectivity index (χ1v) is 3.63. The first-order valence-electron chi connectivity index (χ1n) is 3.25. The van der Waals surface area contributed by atoms with Gasteiger partial charge in [-0.2, -0.15) is 0 Å². The Balaban J connectivity index is 3.04. The molecule has 3 nitrogen and oxygen atoms in total. The fourth-order valence-corrected chi connectivity index (χ4v) is 0.509. The normalized spacial score (nSPS) is 12.0. The quantitative estimate of drug-likeness (QED) is 0.292. The van der Waals surface area contributed by atoms with Crippen molar-refractivity contribution in [1.82, 2.24) is 0 Å². The van der Waals surface area contributed by atoms with Crippen LogP contribution in [0.2, 0.25) is 0 Å². The Labute approximate surface area is 65.6 Å². The van der Waals surface area contributed by atoms with Crippen molar-refractivity contribution in [1.29, 1.82) is 0 Å². The van der Waals surface area contributed by atoms with Gasteiger partial charge in [-0.1, -0.05) is 30.1 Å². The minimum Gasteiger partial charge on any atom is -0.410 e.